The lowest BCUT2D eigenvalue weighted by Gasteiger charge is -2.14. The van der Waals surface area contributed by atoms with Gasteiger partial charge in [0.25, 0.3) is 0 Å². The maximum absolute atomic E-state index is 11.3. The van der Waals surface area contributed by atoms with Gasteiger partial charge in [-0.2, -0.15) is 0 Å². The van der Waals surface area contributed by atoms with Gasteiger partial charge in [-0.1, -0.05) is 0 Å². The van der Waals surface area contributed by atoms with Crippen molar-refractivity contribution in [3.8, 4) is 0 Å². The summed E-state index contributed by atoms with van der Waals surface area (Å²) < 4.78 is 10.3. The van der Waals surface area contributed by atoms with Crippen molar-refractivity contribution >= 4 is 6.09 Å². The van der Waals surface area contributed by atoms with Crippen molar-refractivity contribution in [1.29, 1.82) is 0 Å². The van der Waals surface area contributed by atoms with E-state index in [0.717, 1.165) is 25.9 Å². The van der Waals surface area contributed by atoms with Gasteiger partial charge in [-0.25, -0.2) is 4.79 Å². The molecule has 1 amide bonds. The van der Waals surface area contributed by atoms with Crippen molar-refractivity contribution in [2.45, 2.75) is 25.0 Å². The number of carbonyl (C=O) groups is 1. The summed E-state index contributed by atoms with van der Waals surface area (Å²) in [7, 11) is 0. The summed E-state index contributed by atoms with van der Waals surface area (Å²) in [6.07, 6.45) is 1.44. The minimum Gasteiger partial charge on any atom is -0.444 e. The Hall–Kier alpha value is -0.810. The largest absolute Gasteiger partial charge is 0.444 e. The summed E-state index contributed by atoms with van der Waals surface area (Å²) >= 11 is 0. The number of rotatable bonds is 2. The van der Waals surface area contributed by atoms with Crippen LogP contribution in [0.25, 0.3) is 0 Å². The van der Waals surface area contributed by atoms with E-state index in [1.165, 1.54) is 0 Å². The standard InChI is InChI=1S/C9H16N2O3/c12-9(11-7-1-3-10-5-7)14-8-2-4-13-6-8/h7-8,10H,1-6H2,(H,11,12)/t7-,8+/m1/s1. The minimum absolute atomic E-state index is 0.0515. The minimum atomic E-state index is -0.311. The second-order valence-electron chi connectivity index (χ2n) is 3.72. The lowest BCUT2D eigenvalue weighted by atomic mass is 10.3. The SMILES string of the molecule is O=C(N[C@@H]1CCNC1)O[C@H]1CCOC1. The number of amides is 1. The fourth-order valence-electron chi connectivity index (χ4n) is 1.74. The van der Waals surface area contributed by atoms with Gasteiger partial charge in [0.1, 0.15) is 6.10 Å². The van der Waals surface area contributed by atoms with Crippen LogP contribution in [0.4, 0.5) is 4.79 Å². The van der Waals surface area contributed by atoms with Crippen LogP contribution in [0.1, 0.15) is 12.8 Å². The molecule has 2 atom stereocenters. The number of carbonyl (C=O) groups excluding carboxylic acids is 1. The average molecular weight is 200 g/mol. The summed E-state index contributed by atoms with van der Waals surface area (Å²) in [6, 6.07) is 0.227. The molecule has 0 bridgehead atoms. The molecular formula is C9H16N2O3. The first-order valence-corrected chi connectivity index (χ1v) is 5.10. The molecule has 5 nitrogen and oxygen atoms in total. The van der Waals surface area contributed by atoms with Crippen LogP contribution in [0.15, 0.2) is 0 Å². The van der Waals surface area contributed by atoms with Gasteiger partial charge >= 0.3 is 6.09 Å². The summed E-state index contributed by atoms with van der Waals surface area (Å²) in [5.41, 5.74) is 0. The molecule has 2 rings (SSSR count). The molecule has 2 aliphatic heterocycles. The molecule has 14 heavy (non-hydrogen) atoms. The molecule has 0 unspecified atom stereocenters. The van der Waals surface area contributed by atoms with Crippen LogP contribution >= 0.6 is 0 Å². The van der Waals surface area contributed by atoms with Gasteiger partial charge in [0.15, 0.2) is 0 Å². The summed E-state index contributed by atoms with van der Waals surface area (Å²) in [4.78, 5) is 11.3. The van der Waals surface area contributed by atoms with Gasteiger partial charge in [0.2, 0.25) is 0 Å². The highest BCUT2D eigenvalue weighted by atomic mass is 16.6. The lowest BCUT2D eigenvalue weighted by Crippen LogP contribution is -2.38. The normalized spacial score (nSPS) is 31.7. The first-order chi connectivity index (χ1) is 6.84. The van der Waals surface area contributed by atoms with Gasteiger partial charge < -0.3 is 20.1 Å². The van der Waals surface area contributed by atoms with Gasteiger partial charge in [0.05, 0.1) is 13.2 Å². The summed E-state index contributed by atoms with van der Waals surface area (Å²) in [5, 5.41) is 6.00. The third-order valence-corrected chi connectivity index (χ3v) is 2.54. The predicted molar refractivity (Wildman–Crippen MR) is 50.1 cm³/mol. The predicted octanol–water partition coefficient (Wildman–Crippen LogP) is -0.137. The maximum atomic E-state index is 11.3. The molecule has 2 fully saturated rings. The Kier molecular flexibility index (Phi) is 3.21. The average Bonchev–Trinajstić information content (AvgIpc) is 2.76. The van der Waals surface area contributed by atoms with E-state index in [2.05, 4.69) is 10.6 Å². The van der Waals surface area contributed by atoms with Gasteiger partial charge in [0, 0.05) is 19.0 Å². The Morgan fingerprint density at radius 2 is 2.43 bits per heavy atom. The Morgan fingerprint density at radius 3 is 3.07 bits per heavy atom. The van der Waals surface area contributed by atoms with Crippen LogP contribution in [0.5, 0.6) is 0 Å². The molecule has 0 spiro atoms. The zero-order valence-corrected chi connectivity index (χ0v) is 8.12. The Morgan fingerprint density at radius 1 is 1.50 bits per heavy atom. The Balaban J connectivity index is 1.66. The number of hydrogen-bond donors (Lipinski definition) is 2. The van der Waals surface area contributed by atoms with E-state index in [1.807, 2.05) is 0 Å². The van der Waals surface area contributed by atoms with Crippen LogP contribution < -0.4 is 10.6 Å². The zero-order chi connectivity index (χ0) is 9.80. The van der Waals surface area contributed by atoms with Gasteiger partial charge in [-0.3, -0.25) is 0 Å². The second kappa shape index (κ2) is 4.61. The van der Waals surface area contributed by atoms with E-state index < -0.39 is 0 Å². The van der Waals surface area contributed by atoms with E-state index in [0.29, 0.717) is 13.2 Å². The highest BCUT2D eigenvalue weighted by Crippen LogP contribution is 2.08. The third-order valence-electron chi connectivity index (χ3n) is 2.54. The molecule has 2 heterocycles. The molecule has 0 aromatic heterocycles. The second-order valence-corrected chi connectivity index (χ2v) is 3.72. The summed E-state index contributed by atoms with van der Waals surface area (Å²) in [5.74, 6) is 0. The maximum Gasteiger partial charge on any atom is 0.407 e. The van der Waals surface area contributed by atoms with Crippen molar-refractivity contribution in [2.24, 2.45) is 0 Å². The first kappa shape index (κ1) is 9.73. The number of hydrogen-bond acceptors (Lipinski definition) is 4. The Labute approximate surface area is 83.1 Å². The molecule has 2 saturated heterocycles. The van der Waals surface area contributed by atoms with E-state index >= 15 is 0 Å². The van der Waals surface area contributed by atoms with Crippen LogP contribution in [0.2, 0.25) is 0 Å². The Bertz CT molecular complexity index is 178. The van der Waals surface area contributed by atoms with Crippen molar-refractivity contribution in [3.63, 3.8) is 0 Å². The summed E-state index contributed by atoms with van der Waals surface area (Å²) in [6.45, 7) is 3.05. The molecule has 5 heteroatoms. The lowest BCUT2D eigenvalue weighted by molar-refractivity contribution is 0.0812. The smallest absolute Gasteiger partial charge is 0.407 e. The van der Waals surface area contributed by atoms with Crippen molar-refractivity contribution < 1.29 is 14.3 Å². The number of ether oxygens (including phenoxy) is 2. The van der Waals surface area contributed by atoms with Crippen LogP contribution in [-0.4, -0.2) is 44.5 Å². The van der Waals surface area contributed by atoms with E-state index in [-0.39, 0.29) is 18.2 Å². The molecule has 2 N–H and O–H groups in total. The quantitative estimate of drug-likeness (QED) is 0.651. The highest BCUT2D eigenvalue weighted by molar-refractivity contribution is 5.67. The van der Waals surface area contributed by atoms with Crippen LogP contribution in [0.3, 0.4) is 0 Å². The monoisotopic (exact) mass is 200 g/mol. The van der Waals surface area contributed by atoms with Crippen molar-refractivity contribution in [3.05, 3.63) is 0 Å². The van der Waals surface area contributed by atoms with Gasteiger partial charge in [-0.15, -0.1) is 0 Å². The van der Waals surface area contributed by atoms with Crippen LogP contribution in [0, 0.1) is 0 Å². The molecule has 0 saturated carbocycles. The fraction of sp³-hybridized carbons (Fsp3) is 0.889. The number of alkyl carbamates (subject to hydrolysis) is 1. The first-order valence-electron chi connectivity index (χ1n) is 5.10. The van der Waals surface area contributed by atoms with Crippen molar-refractivity contribution in [1.82, 2.24) is 10.6 Å². The van der Waals surface area contributed by atoms with E-state index in [1.54, 1.807) is 0 Å². The van der Waals surface area contributed by atoms with Crippen molar-refractivity contribution in [2.75, 3.05) is 26.3 Å². The third kappa shape index (κ3) is 2.59. The molecule has 80 valence electrons. The van der Waals surface area contributed by atoms with E-state index in [4.69, 9.17) is 9.47 Å². The molecule has 0 aromatic rings. The molecule has 2 aliphatic rings. The zero-order valence-electron chi connectivity index (χ0n) is 8.12. The highest BCUT2D eigenvalue weighted by Gasteiger charge is 2.22. The number of nitrogens with one attached hydrogen (secondary N) is 2. The topological polar surface area (TPSA) is 59.6 Å². The molecule has 0 aromatic carbocycles. The molecular weight excluding hydrogens is 184 g/mol. The molecule has 0 aliphatic carbocycles. The van der Waals surface area contributed by atoms with Crippen LogP contribution in [-0.2, 0) is 9.47 Å². The van der Waals surface area contributed by atoms with E-state index in [9.17, 15) is 4.79 Å². The van der Waals surface area contributed by atoms with Gasteiger partial charge in [-0.05, 0) is 13.0 Å². The fourth-order valence-corrected chi connectivity index (χ4v) is 1.74. The molecule has 0 radical (unpaired) electrons.